The maximum Gasteiger partial charge on any atom is 0.298 e. The van der Waals surface area contributed by atoms with E-state index in [-0.39, 0.29) is 23.2 Å². The van der Waals surface area contributed by atoms with Gasteiger partial charge in [0.1, 0.15) is 22.2 Å². The van der Waals surface area contributed by atoms with Gasteiger partial charge in [-0.1, -0.05) is 18.2 Å². The lowest BCUT2D eigenvalue weighted by atomic mass is 10.1. The maximum atomic E-state index is 12.5. The normalized spacial score (nSPS) is 16.7. The number of benzene rings is 2. The van der Waals surface area contributed by atoms with Crippen molar-refractivity contribution in [2.24, 2.45) is 11.0 Å². The number of amidine groups is 1. The molecule has 1 heterocycles. The number of nitrogens with one attached hydrogen (secondary N) is 1. The SMILES string of the molecule is CC(=O)NC1=NN(c2ccc(Oc3ccccc3)c(S(=O)(=O)O)c2)C(=O)C1C. The van der Waals surface area contributed by atoms with Crippen LogP contribution in [0.2, 0.25) is 0 Å². The second-order valence-electron chi connectivity index (χ2n) is 6.06. The van der Waals surface area contributed by atoms with E-state index in [1.165, 1.54) is 19.1 Å². The van der Waals surface area contributed by atoms with Gasteiger partial charge < -0.3 is 10.1 Å². The molecule has 2 N–H and O–H groups in total. The maximum absolute atomic E-state index is 12.5. The van der Waals surface area contributed by atoms with Crippen LogP contribution in [0, 0.1) is 5.92 Å². The van der Waals surface area contributed by atoms with Crippen LogP contribution < -0.4 is 15.1 Å². The van der Waals surface area contributed by atoms with Gasteiger partial charge in [-0.25, -0.2) is 0 Å². The molecule has 0 saturated carbocycles. The third-order valence-electron chi connectivity index (χ3n) is 3.92. The molecule has 0 spiro atoms. The molecule has 0 radical (unpaired) electrons. The zero-order chi connectivity index (χ0) is 20.5. The molecule has 0 saturated heterocycles. The van der Waals surface area contributed by atoms with Crippen LogP contribution in [0.5, 0.6) is 11.5 Å². The minimum absolute atomic E-state index is 0.102. The Labute approximate surface area is 161 Å². The number of hydrazone groups is 1. The van der Waals surface area contributed by atoms with Crippen molar-refractivity contribution in [3.63, 3.8) is 0 Å². The molecular weight excluding hydrogens is 386 g/mol. The van der Waals surface area contributed by atoms with Gasteiger partial charge in [0.15, 0.2) is 0 Å². The lowest BCUT2D eigenvalue weighted by Crippen LogP contribution is -2.33. The fourth-order valence-corrected chi connectivity index (χ4v) is 3.21. The van der Waals surface area contributed by atoms with Crippen LogP contribution in [0.3, 0.4) is 0 Å². The van der Waals surface area contributed by atoms with Crippen molar-refractivity contribution in [1.82, 2.24) is 5.32 Å². The zero-order valence-corrected chi connectivity index (χ0v) is 15.8. The standard InChI is InChI=1S/C18H17N3O6S/c1-11-17(19-12(2)22)20-21(18(11)23)13-8-9-15(16(10-13)28(24,25)26)27-14-6-4-3-5-7-14/h3-11H,1-2H3,(H,19,20,22)(H,24,25,26). The number of rotatable bonds is 4. The smallest absolute Gasteiger partial charge is 0.298 e. The number of anilines is 1. The van der Waals surface area contributed by atoms with Crippen molar-refractivity contribution in [2.75, 3.05) is 5.01 Å². The molecule has 2 amide bonds. The highest BCUT2D eigenvalue weighted by Crippen LogP contribution is 2.34. The molecule has 0 fully saturated rings. The van der Waals surface area contributed by atoms with Crippen LogP contribution in [-0.2, 0) is 19.7 Å². The lowest BCUT2D eigenvalue weighted by Gasteiger charge is -2.15. The predicted octanol–water partition coefficient (Wildman–Crippen LogP) is 2.16. The predicted molar refractivity (Wildman–Crippen MR) is 101 cm³/mol. The van der Waals surface area contributed by atoms with Gasteiger partial charge in [-0.05, 0) is 37.3 Å². The first-order chi connectivity index (χ1) is 13.2. The molecule has 1 aliphatic rings. The number of amides is 2. The summed E-state index contributed by atoms with van der Waals surface area (Å²) < 4.78 is 38.8. The number of carbonyl (C=O) groups is 2. The first-order valence-corrected chi connectivity index (χ1v) is 9.65. The first-order valence-electron chi connectivity index (χ1n) is 8.21. The summed E-state index contributed by atoms with van der Waals surface area (Å²) in [7, 11) is -4.65. The number of hydrogen-bond acceptors (Lipinski definition) is 6. The number of nitrogens with zero attached hydrogens (tertiary/aromatic N) is 2. The van der Waals surface area contributed by atoms with Crippen LogP contribution in [0.4, 0.5) is 5.69 Å². The van der Waals surface area contributed by atoms with E-state index in [9.17, 15) is 22.6 Å². The van der Waals surface area contributed by atoms with E-state index < -0.39 is 26.8 Å². The molecule has 0 aliphatic carbocycles. The molecule has 9 nitrogen and oxygen atoms in total. The summed E-state index contributed by atoms with van der Waals surface area (Å²) in [6, 6.07) is 12.3. The van der Waals surface area contributed by atoms with Gasteiger partial charge in [0.05, 0.1) is 11.6 Å². The summed E-state index contributed by atoms with van der Waals surface area (Å²) in [5, 5.41) is 7.48. The fourth-order valence-electron chi connectivity index (χ4n) is 2.57. The van der Waals surface area contributed by atoms with E-state index in [0.717, 1.165) is 11.1 Å². The van der Waals surface area contributed by atoms with Gasteiger partial charge in [0.25, 0.3) is 16.0 Å². The topological polar surface area (TPSA) is 125 Å². The Morgan fingerprint density at radius 1 is 1.21 bits per heavy atom. The average Bonchev–Trinajstić information content (AvgIpc) is 2.90. The van der Waals surface area contributed by atoms with Gasteiger partial charge in [-0.2, -0.15) is 18.5 Å². The van der Waals surface area contributed by atoms with Crippen LogP contribution >= 0.6 is 0 Å². The van der Waals surface area contributed by atoms with E-state index in [2.05, 4.69) is 10.4 Å². The highest BCUT2D eigenvalue weighted by molar-refractivity contribution is 7.86. The highest BCUT2D eigenvalue weighted by atomic mass is 32.2. The van der Waals surface area contributed by atoms with Crippen molar-refractivity contribution < 1.29 is 27.3 Å². The minimum atomic E-state index is -4.65. The molecule has 2 aromatic rings. The Balaban J connectivity index is 2.01. The summed E-state index contributed by atoms with van der Waals surface area (Å²) in [5.74, 6) is -1.14. The molecular formula is C18H17N3O6S. The van der Waals surface area contributed by atoms with Crippen molar-refractivity contribution in [2.45, 2.75) is 18.7 Å². The summed E-state index contributed by atoms with van der Waals surface area (Å²) in [6.07, 6.45) is 0. The van der Waals surface area contributed by atoms with Crippen LogP contribution in [0.15, 0.2) is 58.5 Å². The van der Waals surface area contributed by atoms with E-state index in [1.807, 2.05) is 0 Å². The van der Waals surface area contributed by atoms with Crippen molar-refractivity contribution in [3.05, 3.63) is 48.5 Å². The van der Waals surface area contributed by atoms with Gasteiger partial charge in [-0.15, -0.1) is 0 Å². The summed E-state index contributed by atoms with van der Waals surface area (Å²) in [6.45, 7) is 2.85. The van der Waals surface area contributed by atoms with Crippen molar-refractivity contribution in [3.8, 4) is 11.5 Å². The third kappa shape index (κ3) is 4.02. The molecule has 1 atom stereocenters. The second-order valence-corrected chi connectivity index (χ2v) is 7.45. The minimum Gasteiger partial charge on any atom is -0.456 e. The molecule has 10 heteroatoms. The first kappa shape index (κ1) is 19.5. The molecule has 0 aromatic heterocycles. The molecule has 3 rings (SSSR count). The van der Waals surface area contributed by atoms with E-state index in [1.54, 1.807) is 37.3 Å². The van der Waals surface area contributed by atoms with E-state index in [0.29, 0.717) is 5.75 Å². The Morgan fingerprint density at radius 3 is 2.50 bits per heavy atom. The fraction of sp³-hybridized carbons (Fsp3) is 0.167. The highest BCUT2D eigenvalue weighted by Gasteiger charge is 2.34. The third-order valence-corrected chi connectivity index (χ3v) is 4.80. The second kappa shape index (κ2) is 7.41. The Bertz CT molecular complexity index is 1070. The summed E-state index contributed by atoms with van der Waals surface area (Å²) in [4.78, 5) is 23.2. The molecule has 0 bridgehead atoms. The lowest BCUT2D eigenvalue weighted by molar-refractivity contribution is -0.119. The van der Waals surface area contributed by atoms with Gasteiger partial charge >= 0.3 is 0 Å². The molecule has 28 heavy (non-hydrogen) atoms. The van der Waals surface area contributed by atoms with E-state index in [4.69, 9.17) is 4.74 Å². The van der Waals surface area contributed by atoms with Gasteiger partial charge in [-0.3, -0.25) is 14.1 Å². The monoisotopic (exact) mass is 403 g/mol. The van der Waals surface area contributed by atoms with Gasteiger partial charge in [0, 0.05) is 6.92 Å². The van der Waals surface area contributed by atoms with Crippen molar-refractivity contribution in [1.29, 1.82) is 0 Å². The number of para-hydroxylation sites is 1. The zero-order valence-electron chi connectivity index (χ0n) is 15.0. The van der Waals surface area contributed by atoms with Crippen molar-refractivity contribution >= 4 is 33.5 Å². The number of hydrogen-bond donors (Lipinski definition) is 2. The summed E-state index contributed by atoms with van der Waals surface area (Å²) >= 11 is 0. The molecule has 1 unspecified atom stereocenters. The molecule has 2 aromatic carbocycles. The quantitative estimate of drug-likeness (QED) is 0.754. The Kier molecular flexibility index (Phi) is 5.16. The Hall–Kier alpha value is -3.24. The summed E-state index contributed by atoms with van der Waals surface area (Å²) in [5.41, 5.74) is 0.102. The number of ether oxygens (including phenoxy) is 1. The Morgan fingerprint density at radius 2 is 1.89 bits per heavy atom. The van der Waals surface area contributed by atoms with Crippen LogP contribution in [-0.4, -0.2) is 30.6 Å². The largest absolute Gasteiger partial charge is 0.456 e. The van der Waals surface area contributed by atoms with Crippen LogP contribution in [0.25, 0.3) is 0 Å². The number of carbonyl (C=O) groups excluding carboxylic acids is 2. The molecule has 1 aliphatic heterocycles. The average molecular weight is 403 g/mol. The van der Waals surface area contributed by atoms with E-state index >= 15 is 0 Å². The van der Waals surface area contributed by atoms with Gasteiger partial charge in [0.2, 0.25) is 5.91 Å². The van der Waals surface area contributed by atoms with Crippen LogP contribution in [0.1, 0.15) is 13.8 Å². The molecule has 146 valence electrons.